The predicted molar refractivity (Wildman–Crippen MR) is 58.3 cm³/mol. The molecule has 0 aromatic heterocycles. The van der Waals surface area contributed by atoms with Gasteiger partial charge in [-0.2, -0.15) is 0 Å². The Balaban J connectivity index is 2.56. The zero-order valence-corrected chi connectivity index (χ0v) is 9.52. The second-order valence-corrected chi connectivity index (χ2v) is 4.39. The van der Waals surface area contributed by atoms with E-state index in [0.717, 1.165) is 0 Å². The zero-order valence-electron chi connectivity index (χ0n) is 8.77. The standard InChI is InChI=1S/C11H12ClF2NO/c1-16-8-4-2-3-7(12)9(8)10(6-15)5-11(10,13)14/h2-4H,5-6,15H2,1H3. The molecule has 0 radical (unpaired) electrons. The minimum atomic E-state index is -2.79. The van der Waals surface area contributed by atoms with Crippen molar-refractivity contribution >= 4 is 11.6 Å². The molecule has 1 fully saturated rings. The third-order valence-corrected chi connectivity index (χ3v) is 3.44. The van der Waals surface area contributed by atoms with Crippen molar-refractivity contribution in [2.24, 2.45) is 5.73 Å². The van der Waals surface area contributed by atoms with Crippen LogP contribution < -0.4 is 10.5 Å². The molecule has 1 saturated carbocycles. The third kappa shape index (κ3) is 1.40. The largest absolute Gasteiger partial charge is 0.496 e. The number of hydrogen-bond acceptors (Lipinski definition) is 2. The number of alkyl halides is 2. The second-order valence-electron chi connectivity index (χ2n) is 3.98. The lowest BCUT2D eigenvalue weighted by Crippen LogP contribution is -2.27. The van der Waals surface area contributed by atoms with E-state index in [-0.39, 0.29) is 18.0 Å². The van der Waals surface area contributed by atoms with Gasteiger partial charge in [0.2, 0.25) is 0 Å². The Morgan fingerprint density at radius 3 is 2.56 bits per heavy atom. The van der Waals surface area contributed by atoms with Crippen molar-refractivity contribution < 1.29 is 13.5 Å². The summed E-state index contributed by atoms with van der Waals surface area (Å²) in [6.07, 6.45) is -0.267. The molecule has 2 N–H and O–H groups in total. The molecule has 0 amide bonds. The molecule has 5 heteroatoms. The smallest absolute Gasteiger partial charge is 0.260 e. The summed E-state index contributed by atoms with van der Waals surface area (Å²) >= 11 is 5.97. The van der Waals surface area contributed by atoms with Crippen LogP contribution >= 0.6 is 11.6 Å². The summed E-state index contributed by atoms with van der Waals surface area (Å²) in [6.45, 7) is -0.139. The van der Waals surface area contributed by atoms with Gasteiger partial charge in [0.05, 0.1) is 12.5 Å². The lowest BCUT2D eigenvalue weighted by Gasteiger charge is -2.19. The fourth-order valence-electron chi connectivity index (χ4n) is 2.07. The van der Waals surface area contributed by atoms with Crippen LogP contribution in [0.3, 0.4) is 0 Å². The van der Waals surface area contributed by atoms with E-state index in [9.17, 15) is 8.78 Å². The number of benzene rings is 1. The van der Waals surface area contributed by atoms with E-state index in [1.807, 2.05) is 0 Å². The van der Waals surface area contributed by atoms with E-state index < -0.39 is 11.3 Å². The van der Waals surface area contributed by atoms with E-state index in [1.54, 1.807) is 18.2 Å². The number of methoxy groups -OCH3 is 1. The highest BCUT2D eigenvalue weighted by Gasteiger charge is 2.72. The molecular formula is C11H12ClF2NO. The molecule has 2 nitrogen and oxygen atoms in total. The van der Waals surface area contributed by atoms with Gasteiger partial charge in [-0.15, -0.1) is 0 Å². The van der Waals surface area contributed by atoms with Crippen molar-refractivity contribution in [1.29, 1.82) is 0 Å². The number of hydrogen-bond donors (Lipinski definition) is 1. The highest BCUT2D eigenvalue weighted by atomic mass is 35.5. The molecule has 0 heterocycles. The van der Waals surface area contributed by atoms with E-state index in [2.05, 4.69) is 0 Å². The summed E-state index contributed by atoms with van der Waals surface area (Å²) in [7, 11) is 1.43. The third-order valence-electron chi connectivity index (χ3n) is 3.12. The molecule has 1 unspecified atom stereocenters. The van der Waals surface area contributed by atoms with E-state index in [4.69, 9.17) is 22.1 Å². The maximum Gasteiger partial charge on any atom is 0.260 e. The maximum absolute atomic E-state index is 13.4. The second kappa shape index (κ2) is 3.57. The number of rotatable bonds is 3. The van der Waals surface area contributed by atoms with Gasteiger partial charge in [-0.3, -0.25) is 0 Å². The quantitative estimate of drug-likeness (QED) is 0.891. The molecule has 1 aliphatic rings. The number of nitrogens with two attached hydrogens (primary N) is 1. The van der Waals surface area contributed by atoms with Gasteiger partial charge < -0.3 is 10.5 Å². The van der Waals surface area contributed by atoms with Crippen molar-refractivity contribution in [3.05, 3.63) is 28.8 Å². The molecule has 1 atom stereocenters. The van der Waals surface area contributed by atoms with Crippen LogP contribution in [0.2, 0.25) is 5.02 Å². The number of halogens is 3. The SMILES string of the molecule is COc1cccc(Cl)c1C1(CN)CC1(F)F. The fraction of sp³-hybridized carbons (Fsp3) is 0.455. The minimum absolute atomic E-state index is 0.139. The van der Waals surface area contributed by atoms with Gasteiger partial charge in [0.1, 0.15) is 5.75 Å². The number of ether oxygens (including phenoxy) is 1. The van der Waals surface area contributed by atoms with Crippen LogP contribution in [-0.2, 0) is 5.41 Å². The Labute approximate surface area is 97.3 Å². The van der Waals surface area contributed by atoms with Gasteiger partial charge in [0, 0.05) is 23.6 Å². The normalized spacial score (nSPS) is 26.6. The minimum Gasteiger partial charge on any atom is -0.496 e. The van der Waals surface area contributed by atoms with Gasteiger partial charge in [-0.05, 0) is 12.1 Å². The molecule has 16 heavy (non-hydrogen) atoms. The first-order valence-corrected chi connectivity index (χ1v) is 5.27. The summed E-state index contributed by atoms with van der Waals surface area (Å²) < 4.78 is 32.0. The maximum atomic E-state index is 13.4. The highest BCUT2D eigenvalue weighted by molar-refractivity contribution is 6.31. The van der Waals surface area contributed by atoms with Crippen molar-refractivity contribution in [2.75, 3.05) is 13.7 Å². The van der Waals surface area contributed by atoms with Crippen molar-refractivity contribution in [2.45, 2.75) is 17.8 Å². The van der Waals surface area contributed by atoms with Gasteiger partial charge >= 0.3 is 0 Å². The van der Waals surface area contributed by atoms with Crippen LogP contribution in [0.5, 0.6) is 5.75 Å². The monoisotopic (exact) mass is 247 g/mol. The van der Waals surface area contributed by atoms with Crippen LogP contribution in [-0.4, -0.2) is 19.6 Å². The zero-order chi connectivity index (χ0) is 12.0. The fourth-order valence-corrected chi connectivity index (χ4v) is 2.42. The van der Waals surface area contributed by atoms with Crippen LogP contribution in [0.25, 0.3) is 0 Å². The van der Waals surface area contributed by atoms with Crippen LogP contribution in [0.1, 0.15) is 12.0 Å². The Bertz CT molecular complexity index is 424. The van der Waals surface area contributed by atoms with Gasteiger partial charge in [-0.1, -0.05) is 17.7 Å². The molecule has 0 bridgehead atoms. The summed E-state index contributed by atoms with van der Waals surface area (Å²) in [5.74, 6) is -2.42. The molecule has 88 valence electrons. The Hall–Kier alpha value is -0.870. The average molecular weight is 248 g/mol. The van der Waals surface area contributed by atoms with Crippen LogP contribution in [0.4, 0.5) is 8.78 Å². The predicted octanol–water partition coefficient (Wildman–Crippen LogP) is 2.58. The highest BCUT2D eigenvalue weighted by Crippen LogP contribution is 2.63. The molecule has 1 aromatic carbocycles. The van der Waals surface area contributed by atoms with E-state index in [1.165, 1.54) is 7.11 Å². The molecule has 0 aliphatic heterocycles. The van der Waals surface area contributed by atoms with E-state index >= 15 is 0 Å². The average Bonchev–Trinajstić information content (AvgIpc) is 2.81. The summed E-state index contributed by atoms with van der Waals surface area (Å²) in [6, 6.07) is 4.85. The molecule has 1 aliphatic carbocycles. The van der Waals surface area contributed by atoms with E-state index in [0.29, 0.717) is 11.3 Å². The van der Waals surface area contributed by atoms with Crippen molar-refractivity contribution in [3.8, 4) is 5.75 Å². The lowest BCUT2D eigenvalue weighted by molar-refractivity contribution is 0.0889. The van der Waals surface area contributed by atoms with Gasteiger partial charge in [0.25, 0.3) is 5.92 Å². The lowest BCUT2D eigenvalue weighted by atomic mass is 9.94. The first-order valence-electron chi connectivity index (χ1n) is 4.89. The summed E-state index contributed by atoms with van der Waals surface area (Å²) in [5.41, 5.74) is 4.45. The topological polar surface area (TPSA) is 35.2 Å². The van der Waals surface area contributed by atoms with Crippen LogP contribution in [0, 0.1) is 0 Å². The van der Waals surface area contributed by atoms with Crippen molar-refractivity contribution in [3.63, 3.8) is 0 Å². The summed E-state index contributed by atoms with van der Waals surface area (Å²) in [4.78, 5) is 0. The molecule has 1 aromatic rings. The summed E-state index contributed by atoms with van der Waals surface area (Å²) in [5, 5.41) is 0.280. The molecule has 2 rings (SSSR count). The van der Waals surface area contributed by atoms with Crippen molar-refractivity contribution in [1.82, 2.24) is 0 Å². The Morgan fingerprint density at radius 2 is 2.12 bits per heavy atom. The molecule has 0 spiro atoms. The first kappa shape index (κ1) is 11.6. The first-order chi connectivity index (χ1) is 7.48. The molecule has 0 saturated heterocycles. The van der Waals surface area contributed by atoms with Gasteiger partial charge in [0.15, 0.2) is 0 Å². The molecular weight excluding hydrogens is 236 g/mol. The van der Waals surface area contributed by atoms with Gasteiger partial charge in [-0.25, -0.2) is 8.78 Å². The Kier molecular flexibility index (Phi) is 2.59. The Morgan fingerprint density at radius 1 is 1.50 bits per heavy atom. The van der Waals surface area contributed by atoms with Crippen LogP contribution in [0.15, 0.2) is 18.2 Å².